The Bertz CT molecular complexity index is 1410. The SMILES string of the molecule is C=CC(=O)Nc1cc(Nc2cc(-c3c[nH]c4ccccc34)ncn2)c(OCCC)cc1N(C)CCN(C)C. The van der Waals surface area contributed by atoms with Gasteiger partial charge < -0.3 is 30.2 Å². The first-order chi connectivity index (χ1) is 18.4. The van der Waals surface area contributed by atoms with Crippen LogP contribution in [0.15, 0.2) is 67.6 Å². The first-order valence-electron chi connectivity index (χ1n) is 12.6. The van der Waals surface area contributed by atoms with Crippen LogP contribution in [0.25, 0.3) is 22.2 Å². The van der Waals surface area contributed by atoms with Gasteiger partial charge in [0.25, 0.3) is 0 Å². The van der Waals surface area contributed by atoms with E-state index < -0.39 is 0 Å². The number of carbonyl (C=O) groups is 1. The van der Waals surface area contributed by atoms with E-state index in [0.717, 1.165) is 47.4 Å². The third kappa shape index (κ3) is 6.30. The second kappa shape index (κ2) is 12.2. The monoisotopic (exact) mass is 513 g/mol. The van der Waals surface area contributed by atoms with Gasteiger partial charge in [-0.1, -0.05) is 31.7 Å². The summed E-state index contributed by atoms with van der Waals surface area (Å²) in [7, 11) is 6.06. The highest BCUT2D eigenvalue weighted by Crippen LogP contribution is 2.39. The van der Waals surface area contributed by atoms with Crippen molar-refractivity contribution in [3.05, 3.63) is 67.6 Å². The number of nitrogens with zero attached hydrogens (tertiary/aromatic N) is 4. The van der Waals surface area contributed by atoms with Crippen molar-refractivity contribution in [1.82, 2.24) is 19.9 Å². The number of nitrogens with one attached hydrogen (secondary N) is 3. The Kier molecular flexibility index (Phi) is 8.60. The summed E-state index contributed by atoms with van der Waals surface area (Å²) in [6.45, 7) is 7.84. The summed E-state index contributed by atoms with van der Waals surface area (Å²) in [5, 5.41) is 7.42. The average molecular weight is 514 g/mol. The topological polar surface area (TPSA) is 98.4 Å². The van der Waals surface area contributed by atoms with Crippen LogP contribution in [0.2, 0.25) is 0 Å². The lowest BCUT2D eigenvalue weighted by atomic mass is 10.1. The van der Waals surface area contributed by atoms with Crippen LogP contribution in [0, 0.1) is 0 Å². The molecule has 0 aliphatic rings. The number of H-pyrrole nitrogens is 1. The van der Waals surface area contributed by atoms with Gasteiger partial charge in [-0.05, 0) is 38.7 Å². The quantitative estimate of drug-likeness (QED) is 0.222. The van der Waals surface area contributed by atoms with Gasteiger partial charge in [0.1, 0.15) is 17.9 Å². The molecule has 1 amide bonds. The maximum absolute atomic E-state index is 12.3. The number of hydrogen-bond acceptors (Lipinski definition) is 7. The number of aromatic amines is 1. The fourth-order valence-electron chi connectivity index (χ4n) is 4.06. The Morgan fingerprint density at radius 1 is 1.11 bits per heavy atom. The van der Waals surface area contributed by atoms with E-state index in [1.807, 2.05) is 63.7 Å². The summed E-state index contributed by atoms with van der Waals surface area (Å²) in [5.41, 5.74) is 5.00. The molecule has 0 fully saturated rings. The van der Waals surface area contributed by atoms with Crippen molar-refractivity contribution in [1.29, 1.82) is 0 Å². The Labute approximate surface area is 223 Å². The number of rotatable bonds is 12. The first-order valence-corrected chi connectivity index (χ1v) is 12.6. The van der Waals surface area contributed by atoms with Crippen molar-refractivity contribution in [3.8, 4) is 17.0 Å². The highest BCUT2D eigenvalue weighted by molar-refractivity contribution is 6.02. The van der Waals surface area contributed by atoms with Crippen LogP contribution in [0.5, 0.6) is 5.75 Å². The molecule has 0 aliphatic carbocycles. The Balaban J connectivity index is 1.72. The summed E-state index contributed by atoms with van der Waals surface area (Å²) in [6.07, 6.45) is 5.61. The molecule has 0 saturated carbocycles. The molecule has 0 radical (unpaired) electrons. The van der Waals surface area contributed by atoms with E-state index in [1.165, 1.54) is 12.4 Å². The normalized spacial score (nSPS) is 11.0. The standard InChI is InChI=1S/C29H35N7O2/c1-6-14-38-27-17-26(36(5)13-12-35(3)4)24(34-29(37)7-2)15-25(27)33-28-16-23(31-19-32-28)21-18-30-22-11-9-8-10-20(21)22/h7-11,15-19,30H,2,6,12-14H2,1,3-5H3,(H,34,37)(H,31,32,33). The Hall–Kier alpha value is -4.37. The molecular weight excluding hydrogens is 478 g/mol. The number of likely N-dealkylation sites (N-methyl/N-ethyl adjacent to an activating group) is 2. The molecule has 2 heterocycles. The number of hydrogen-bond donors (Lipinski definition) is 3. The molecule has 4 rings (SSSR count). The zero-order chi connectivity index (χ0) is 27.1. The third-order valence-electron chi connectivity index (χ3n) is 6.09. The summed E-state index contributed by atoms with van der Waals surface area (Å²) in [4.78, 5) is 28.8. The number of carbonyl (C=O) groups excluding carboxylic acids is 1. The lowest BCUT2D eigenvalue weighted by Crippen LogP contribution is -2.29. The number of ether oxygens (including phenoxy) is 1. The number of benzene rings is 2. The molecule has 38 heavy (non-hydrogen) atoms. The lowest BCUT2D eigenvalue weighted by molar-refractivity contribution is -0.111. The van der Waals surface area contributed by atoms with E-state index in [1.54, 1.807) is 0 Å². The Morgan fingerprint density at radius 3 is 2.68 bits per heavy atom. The maximum atomic E-state index is 12.3. The van der Waals surface area contributed by atoms with Crippen molar-refractivity contribution in [2.75, 3.05) is 56.4 Å². The molecule has 9 nitrogen and oxygen atoms in total. The van der Waals surface area contributed by atoms with Gasteiger partial charge in [-0.15, -0.1) is 0 Å². The van der Waals surface area contributed by atoms with Crippen molar-refractivity contribution in [3.63, 3.8) is 0 Å². The molecule has 0 unspecified atom stereocenters. The number of anilines is 4. The molecule has 0 spiro atoms. The van der Waals surface area contributed by atoms with E-state index >= 15 is 0 Å². The Morgan fingerprint density at radius 2 is 1.92 bits per heavy atom. The second-order valence-corrected chi connectivity index (χ2v) is 9.29. The second-order valence-electron chi connectivity index (χ2n) is 9.29. The molecule has 4 aromatic rings. The van der Waals surface area contributed by atoms with E-state index in [-0.39, 0.29) is 5.91 Å². The van der Waals surface area contributed by atoms with Crippen LogP contribution in [0.1, 0.15) is 13.3 Å². The molecule has 0 atom stereocenters. The number of aromatic nitrogens is 3. The highest BCUT2D eigenvalue weighted by Gasteiger charge is 2.17. The van der Waals surface area contributed by atoms with E-state index in [4.69, 9.17) is 4.74 Å². The molecule has 2 aromatic carbocycles. The number of amides is 1. The van der Waals surface area contributed by atoms with Crippen LogP contribution in [0.4, 0.5) is 22.9 Å². The lowest BCUT2D eigenvalue weighted by Gasteiger charge is -2.26. The minimum atomic E-state index is -0.288. The molecule has 198 valence electrons. The molecule has 0 aliphatic heterocycles. The van der Waals surface area contributed by atoms with Gasteiger partial charge >= 0.3 is 0 Å². The summed E-state index contributed by atoms with van der Waals surface area (Å²) < 4.78 is 6.14. The van der Waals surface area contributed by atoms with Crippen molar-refractivity contribution in [2.45, 2.75) is 13.3 Å². The van der Waals surface area contributed by atoms with Gasteiger partial charge in [-0.3, -0.25) is 4.79 Å². The fraction of sp³-hybridized carbons (Fsp3) is 0.276. The van der Waals surface area contributed by atoms with Gasteiger partial charge in [0.05, 0.1) is 29.4 Å². The zero-order valence-corrected chi connectivity index (χ0v) is 22.4. The van der Waals surface area contributed by atoms with Crippen molar-refractivity contribution < 1.29 is 9.53 Å². The molecule has 9 heteroatoms. The fourth-order valence-corrected chi connectivity index (χ4v) is 4.06. The maximum Gasteiger partial charge on any atom is 0.247 e. The third-order valence-corrected chi connectivity index (χ3v) is 6.09. The van der Waals surface area contributed by atoms with Crippen LogP contribution in [0.3, 0.4) is 0 Å². The number of para-hydroxylation sites is 1. The van der Waals surface area contributed by atoms with Crippen LogP contribution < -0.4 is 20.3 Å². The van der Waals surface area contributed by atoms with Gasteiger partial charge in [0, 0.05) is 54.9 Å². The van der Waals surface area contributed by atoms with Gasteiger partial charge in [-0.2, -0.15) is 0 Å². The summed E-state index contributed by atoms with van der Waals surface area (Å²) >= 11 is 0. The molecule has 3 N–H and O–H groups in total. The van der Waals surface area contributed by atoms with E-state index in [2.05, 4.69) is 55.0 Å². The first kappa shape index (κ1) is 26.7. The number of fused-ring (bicyclic) bond motifs is 1. The van der Waals surface area contributed by atoms with Crippen molar-refractivity contribution in [2.24, 2.45) is 0 Å². The van der Waals surface area contributed by atoms with Gasteiger partial charge in [-0.25, -0.2) is 9.97 Å². The van der Waals surface area contributed by atoms with Gasteiger partial charge in [0.2, 0.25) is 5.91 Å². The molecule has 0 bridgehead atoms. The smallest absolute Gasteiger partial charge is 0.247 e. The summed E-state index contributed by atoms with van der Waals surface area (Å²) in [6, 6.07) is 13.8. The predicted octanol–water partition coefficient (Wildman–Crippen LogP) is 5.28. The van der Waals surface area contributed by atoms with E-state index in [0.29, 0.717) is 29.5 Å². The largest absolute Gasteiger partial charge is 0.491 e. The average Bonchev–Trinajstić information content (AvgIpc) is 3.35. The molecular formula is C29H35N7O2. The molecule has 2 aromatic heterocycles. The summed E-state index contributed by atoms with van der Waals surface area (Å²) in [5.74, 6) is 0.989. The van der Waals surface area contributed by atoms with Crippen LogP contribution in [-0.4, -0.2) is 66.6 Å². The van der Waals surface area contributed by atoms with Crippen LogP contribution >= 0.6 is 0 Å². The van der Waals surface area contributed by atoms with Crippen LogP contribution in [-0.2, 0) is 4.79 Å². The van der Waals surface area contributed by atoms with Crippen molar-refractivity contribution >= 4 is 39.7 Å². The minimum Gasteiger partial charge on any atom is -0.491 e. The zero-order valence-electron chi connectivity index (χ0n) is 22.4. The van der Waals surface area contributed by atoms with E-state index in [9.17, 15) is 4.79 Å². The minimum absolute atomic E-state index is 0.288. The predicted molar refractivity (Wildman–Crippen MR) is 155 cm³/mol. The highest BCUT2D eigenvalue weighted by atomic mass is 16.5. The molecule has 0 saturated heterocycles. The van der Waals surface area contributed by atoms with Gasteiger partial charge in [0.15, 0.2) is 0 Å².